The highest BCUT2D eigenvalue weighted by Crippen LogP contribution is 1.96. The summed E-state index contributed by atoms with van der Waals surface area (Å²) in [4.78, 5) is 13.2. The molecule has 5 heteroatoms. The number of rotatable bonds is 4. The van der Waals surface area contributed by atoms with E-state index in [4.69, 9.17) is 15.2 Å². The van der Waals surface area contributed by atoms with E-state index in [2.05, 4.69) is 4.90 Å². The Morgan fingerprint density at radius 2 is 2.21 bits per heavy atom. The van der Waals surface area contributed by atoms with Crippen LogP contribution in [-0.4, -0.2) is 56.4 Å². The van der Waals surface area contributed by atoms with Crippen LogP contribution in [0.5, 0.6) is 0 Å². The van der Waals surface area contributed by atoms with Crippen molar-refractivity contribution in [2.75, 3.05) is 39.5 Å². The van der Waals surface area contributed by atoms with Crippen LogP contribution in [0.25, 0.3) is 0 Å². The summed E-state index contributed by atoms with van der Waals surface area (Å²) in [5.74, 6) is -0.335. The lowest BCUT2D eigenvalue weighted by Gasteiger charge is -2.26. The minimum Gasteiger partial charge on any atom is -0.463 e. The third-order valence-corrected chi connectivity index (χ3v) is 2.13. The number of carbonyl (C=O) groups excluding carboxylic acids is 1. The third-order valence-electron chi connectivity index (χ3n) is 2.13. The van der Waals surface area contributed by atoms with Crippen molar-refractivity contribution in [3.8, 4) is 0 Å². The van der Waals surface area contributed by atoms with Gasteiger partial charge >= 0.3 is 5.97 Å². The van der Waals surface area contributed by atoms with Crippen LogP contribution < -0.4 is 5.73 Å². The SMILES string of the molecule is C[C@@H](N)C(=O)OCCN1CCOCC1. The zero-order valence-corrected chi connectivity index (χ0v) is 8.57. The normalized spacial score (nSPS) is 20.4. The maximum atomic E-state index is 11.0. The van der Waals surface area contributed by atoms with Crippen molar-refractivity contribution in [1.29, 1.82) is 0 Å². The number of morpholine rings is 1. The van der Waals surface area contributed by atoms with Gasteiger partial charge in [-0.3, -0.25) is 9.69 Å². The van der Waals surface area contributed by atoms with Gasteiger partial charge in [0.1, 0.15) is 12.6 Å². The second-order valence-electron chi connectivity index (χ2n) is 3.41. The molecule has 1 saturated heterocycles. The molecule has 1 fully saturated rings. The summed E-state index contributed by atoms with van der Waals surface area (Å²) >= 11 is 0. The summed E-state index contributed by atoms with van der Waals surface area (Å²) in [7, 11) is 0. The molecular formula is C9H18N2O3. The second-order valence-corrected chi connectivity index (χ2v) is 3.41. The molecule has 14 heavy (non-hydrogen) atoms. The molecule has 0 spiro atoms. The standard InChI is InChI=1S/C9H18N2O3/c1-8(10)9(12)14-7-4-11-2-5-13-6-3-11/h8H,2-7,10H2,1H3/t8-/m1/s1. The molecule has 0 aliphatic carbocycles. The molecule has 0 bridgehead atoms. The Morgan fingerprint density at radius 1 is 1.57 bits per heavy atom. The van der Waals surface area contributed by atoms with Crippen molar-refractivity contribution >= 4 is 5.97 Å². The first-order valence-corrected chi connectivity index (χ1v) is 4.92. The number of hydrogen-bond donors (Lipinski definition) is 1. The lowest BCUT2D eigenvalue weighted by molar-refractivity contribution is -0.145. The van der Waals surface area contributed by atoms with E-state index in [-0.39, 0.29) is 5.97 Å². The van der Waals surface area contributed by atoms with Gasteiger partial charge in [0.2, 0.25) is 0 Å². The largest absolute Gasteiger partial charge is 0.463 e. The van der Waals surface area contributed by atoms with Gasteiger partial charge in [-0.05, 0) is 6.92 Å². The molecule has 0 saturated carbocycles. The van der Waals surface area contributed by atoms with Gasteiger partial charge in [0.25, 0.3) is 0 Å². The first-order chi connectivity index (χ1) is 6.70. The lowest BCUT2D eigenvalue weighted by atomic mass is 10.4. The molecule has 0 amide bonds. The van der Waals surface area contributed by atoms with E-state index in [0.717, 1.165) is 32.8 Å². The van der Waals surface area contributed by atoms with Crippen molar-refractivity contribution in [3.05, 3.63) is 0 Å². The van der Waals surface area contributed by atoms with Crippen LogP contribution in [0.15, 0.2) is 0 Å². The molecule has 82 valence electrons. The Morgan fingerprint density at radius 3 is 2.79 bits per heavy atom. The van der Waals surface area contributed by atoms with E-state index < -0.39 is 6.04 Å². The van der Waals surface area contributed by atoms with Crippen molar-refractivity contribution in [2.45, 2.75) is 13.0 Å². The van der Waals surface area contributed by atoms with Gasteiger partial charge in [-0.1, -0.05) is 0 Å². The van der Waals surface area contributed by atoms with Gasteiger partial charge in [-0.25, -0.2) is 0 Å². The molecular weight excluding hydrogens is 184 g/mol. The van der Waals surface area contributed by atoms with E-state index in [1.165, 1.54) is 0 Å². The lowest BCUT2D eigenvalue weighted by Crippen LogP contribution is -2.39. The minimum absolute atomic E-state index is 0.335. The topological polar surface area (TPSA) is 64.8 Å². The van der Waals surface area contributed by atoms with Crippen LogP contribution in [0.1, 0.15) is 6.92 Å². The first-order valence-electron chi connectivity index (χ1n) is 4.92. The number of carbonyl (C=O) groups is 1. The van der Waals surface area contributed by atoms with E-state index in [1.54, 1.807) is 6.92 Å². The summed E-state index contributed by atoms with van der Waals surface area (Å²) in [5.41, 5.74) is 5.35. The number of nitrogens with zero attached hydrogens (tertiary/aromatic N) is 1. The molecule has 0 radical (unpaired) electrons. The molecule has 5 nitrogen and oxygen atoms in total. The average molecular weight is 202 g/mol. The summed E-state index contributed by atoms with van der Waals surface area (Å²) in [6.07, 6.45) is 0. The Labute approximate surface area is 84.1 Å². The minimum atomic E-state index is -0.528. The van der Waals surface area contributed by atoms with Crippen LogP contribution in [-0.2, 0) is 14.3 Å². The fraction of sp³-hybridized carbons (Fsp3) is 0.889. The summed E-state index contributed by atoms with van der Waals surface area (Å²) < 4.78 is 10.2. The Kier molecular flexibility index (Phi) is 4.86. The molecule has 0 aromatic carbocycles. The predicted molar refractivity (Wildman–Crippen MR) is 51.9 cm³/mol. The van der Waals surface area contributed by atoms with Gasteiger partial charge in [0.15, 0.2) is 0 Å². The second kappa shape index (κ2) is 5.95. The molecule has 0 aromatic rings. The van der Waals surface area contributed by atoms with E-state index in [9.17, 15) is 4.79 Å². The fourth-order valence-electron chi connectivity index (χ4n) is 1.23. The Balaban J connectivity index is 2.05. The Bertz CT molecular complexity index is 179. The quantitative estimate of drug-likeness (QED) is 0.605. The van der Waals surface area contributed by atoms with E-state index in [0.29, 0.717) is 6.61 Å². The number of esters is 1. The average Bonchev–Trinajstić information content (AvgIpc) is 2.19. The van der Waals surface area contributed by atoms with E-state index >= 15 is 0 Å². The van der Waals surface area contributed by atoms with Crippen molar-refractivity contribution in [1.82, 2.24) is 4.90 Å². The smallest absolute Gasteiger partial charge is 0.322 e. The summed E-state index contributed by atoms with van der Waals surface area (Å²) in [5, 5.41) is 0. The van der Waals surface area contributed by atoms with Gasteiger partial charge < -0.3 is 15.2 Å². The molecule has 1 rings (SSSR count). The van der Waals surface area contributed by atoms with Gasteiger partial charge in [-0.15, -0.1) is 0 Å². The molecule has 0 aromatic heterocycles. The molecule has 1 aliphatic heterocycles. The highest BCUT2D eigenvalue weighted by atomic mass is 16.5. The van der Waals surface area contributed by atoms with Crippen LogP contribution in [0, 0.1) is 0 Å². The third kappa shape index (κ3) is 4.04. The number of hydrogen-bond acceptors (Lipinski definition) is 5. The molecule has 1 atom stereocenters. The first kappa shape index (κ1) is 11.4. The molecule has 1 heterocycles. The zero-order chi connectivity index (χ0) is 10.4. The maximum Gasteiger partial charge on any atom is 0.322 e. The van der Waals surface area contributed by atoms with Gasteiger partial charge in [0, 0.05) is 19.6 Å². The summed E-state index contributed by atoms with van der Waals surface area (Å²) in [6, 6.07) is -0.528. The maximum absolute atomic E-state index is 11.0. The van der Waals surface area contributed by atoms with Crippen molar-refractivity contribution in [3.63, 3.8) is 0 Å². The molecule has 1 aliphatic rings. The highest BCUT2D eigenvalue weighted by molar-refractivity contribution is 5.74. The van der Waals surface area contributed by atoms with Crippen LogP contribution >= 0.6 is 0 Å². The Hall–Kier alpha value is -0.650. The molecule has 2 N–H and O–H groups in total. The van der Waals surface area contributed by atoms with Crippen LogP contribution in [0.4, 0.5) is 0 Å². The fourth-order valence-corrected chi connectivity index (χ4v) is 1.23. The predicted octanol–water partition coefficient (Wildman–Crippen LogP) is -0.791. The van der Waals surface area contributed by atoms with Crippen LogP contribution in [0.3, 0.4) is 0 Å². The number of nitrogens with two attached hydrogens (primary N) is 1. The van der Waals surface area contributed by atoms with Crippen molar-refractivity contribution in [2.24, 2.45) is 5.73 Å². The number of ether oxygens (including phenoxy) is 2. The molecule has 0 unspecified atom stereocenters. The van der Waals surface area contributed by atoms with Crippen molar-refractivity contribution < 1.29 is 14.3 Å². The van der Waals surface area contributed by atoms with Gasteiger partial charge in [-0.2, -0.15) is 0 Å². The highest BCUT2D eigenvalue weighted by Gasteiger charge is 2.12. The monoisotopic (exact) mass is 202 g/mol. The van der Waals surface area contributed by atoms with Gasteiger partial charge in [0.05, 0.1) is 13.2 Å². The van der Waals surface area contributed by atoms with E-state index in [1.807, 2.05) is 0 Å². The zero-order valence-electron chi connectivity index (χ0n) is 8.57. The van der Waals surface area contributed by atoms with Crippen LogP contribution in [0.2, 0.25) is 0 Å². The summed E-state index contributed by atoms with van der Waals surface area (Å²) in [6.45, 7) is 6.16.